The fourth-order valence-corrected chi connectivity index (χ4v) is 6.66. The Morgan fingerprint density at radius 1 is 1.04 bits per heavy atom. The topological polar surface area (TPSA) is 198 Å². The molecule has 4 rings (SSSR count). The minimum absolute atomic E-state index is 0.0243. The van der Waals surface area contributed by atoms with Crippen molar-refractivity contribution in [2.24, 2.45) is 0 Å². The van der Waals surface area contributed by atoms with E-state index in [0.717, 1.165) is 12.8 Å². The molecule has 3 saturated heterocycles. The Bertz CT molecular complexity index is 1610. The van der Waals surface area contributed by atoms with Gasteiger partial charge in [-0.25, -0.2) is 4.79 Å². The van der Waals surface area contributed by atoms with E-state index in [4.69, 9.17) is 4.74 Å². The molecule has 3 aliphatic heterocycles. The number of allylic oxidation sites excluding steroid dienone is 1. The predicted molar refractivity (Wildman–Crippen MR) is 188 cm³/mol. The molecule has 0 aromatic heterocycles. The molecule has 1 aromatic carbocycles. The van der Waals surface area contributed by atoms with Crippen LogP contribution < -0.4 is 16.0 Å². The van der Waals surface area contributed by atoms with Gasteiger partial charge < -0.3 is 35.4 Å². The molecule has 0 spiro atoms. The van der Waals surface area contributed by atoms with Crippen LogP contribution in [0.25, 0.3) is 0 Å². The SMILES string of the molecule is CCCC/C=C/C(=O)N[C@@H](Cc1cccc(C#N)c1)C(=O)N[C@H]1COC(=O)[C@@H]2CCCN2C(=O)[C@H](C)NC(=O)[C@H](C)N(C)C(=O)[C@@H]2CCCN2C1=O. The first-order chi connectivity index (χ1) is 24.9. The second-order valence-corrected chi connectivity index (χ2v) is 13.5. The van der Waals surface area contributed by atoms with Crippen molar-refractivity contribution in [3.05, 3.63) is 47.5 Å². The van der Waals surface area contributed by atoms with Crippen LogP contribution in [0.3, 0.4) is 0 Å². The highest BCUT2D eigenvalue weighted by Gasteiger charge is 2.43. The van der Waals surface area contributed by atoms with E-state index in [1.807, 2.05) is 6.92 Å². The van der Waals surface area contributed by atoms with E-state index < -0.39 is 84.3 Å². The lowest BCUT2D eigenvalue weighted by molar-refractivity contribution is -0.158. The lowest BCUT2D eigenvalue weighted by atomic mass is 10.0. The number of unbranched alkanes of at least 4 members (excludes halogenated alkanes) is 2. The summed E-state index contributed by atoms with van der Waals surface area (Å²) in [4.78, 5) is 98.8. The van der Waals surface area contributed by atoms with Gasteiger partial charge in [-0.3, -0.25) is 28.8 Å². The molecule has 0 saturated carbocycles. The summed E-state index contributed by atoms with van der Waals surface area (Å²) in [5.74, 6) is -4.31. The first-order valence-electron chi connectivity index (χ1n) is 18.0. The molecule has 0 aliphatic carbocycles. The highest BCUT2D eigenvalue weighted by Crippen LogP contribution is 2.23. The first-order valence-corrected chi connectivity index (χ1v) is 18.0. The van der Waals surface area contributed by atoms with E-state index in [-0.39, 0.29) is 19.5 Å². The molecule has 3 fully saturated rings. The van der Waals surface area contributed by atoms with E-state index in [0.29, 0.717) is 43.2 Å². The highest BCUT2D eigenvalue weighted by atomic mass is 16.5. The van der Waals surface area contributed by atoms with Crippen LogP contribution in [0.5, 0.6) is 0 Å². The minimum Gasteiger partial charge on any atom is -0.461 e. The summed E-state index contributed by atoms with van der Waals surface area (Å²) in [6.45, 7) is 4.89. The zero-order valence-corrected chi connectivity index (χ0v) is 30.3. The molecule has 0 radical (unpaired) electrons. The summed E-state index contributed by atoms with van der Waals surface area (Å²) in [7, 11) is 1.45. The summed E-state index contributed by atoms with van der Waals surface area (Å²) in [6.07, 6.45) is 7.10. The number of nitrogens with one attached hydrogen (secondary N) is 3. The van der Waals surface area contributed by atoms with E-state index in [1.54, 1.807) is 30.3 Å². The molecule has 280 valence electrons. The van der Waals surface area contributed by atoms with E-state index in [2.05, 4.69) is 22.0 Å². The number of esters is 1. The van der Waals surface area contributed by atoms with Gasteiger partial charge in [-0.05, 0) is 69.7 Å². The second-order valence-electron chi connectivity index (χ2n) is 13.5. The number of cyclic esters (lactones) is 1. The lowest BCUT2D eigenvalue weighted by Gasteiger charge is -2.34. The summed E-state index contributed by atoms with van der Waals surface area (Å²) >= 11 is 0. The van der Waals surface area contributed by atoms with Crippen LogP contribution in [-0.2, 0) is 44.7 Å². The molecule has 6 atom stereocenters. The number of hydrogen-bond donors (Lipinski definition) is 3. The number of nitriles is 1. The maximum atomic E-state index is 14.2. The Labute approximate surface area is 304 Å². The van der Waals surface area contributed by atoms with E-state index in [1.165, 1.54) is 41.7 Å². The standard InChI is InChI=1S/C37H49N7O8/c1-5-6-7-8-16-31(45)40-27(20-25-12-9-13-26(19-25)21-38)33(47)41-28-22-52-37(51)30-15-11-18-44(30)34(48)23(2)39-32(46)24(3)42(4)36(50)29-14-10-17-43(29)35(28)49/h8-9,12-13,16,19,23-24,27-30H,5-7,10-11,14-15,17-18,20,22H2,1-4H3,(H,39,46)(H,40,45)(H,41,47)/b16-8+/t23-,24-,27-,28-,29-,30-/m0/s1. The summed E-state index contributed by atoms with van der Waals surface area (Å²) in [6, 6.07) is 2.06. The first kappa shape index (κ1) is 39.5. The van der Waals surface area contributed by atoms with Gasteiger partial charge in [0, 0.05) is 26.6 Å². The predicted octanol–water partition coefficient (Wildman–Crippen LogP) is 0.707. The average Bonchev–Trinajstić information content (AvgIpc) is 3.84. The van der Waals surface area contributed by atoms with Gasteiger partial charge in [0.25, 0.3) is 0 Å². The maximum Gasteiger partial charge on any atom is 0.328 e. The molecule has 15 heteroatoms. The fraction of sp³-hybridized carbons (Fsp3) is 0.568. The van der Waals surface area contributed by atoms with Gasteiger partial charge in [0.15, 0.2) is 0 Å². The van der Waals surface area contributed by atoms with Gasteiger partial charge in [0.05, 0.1) is 11.6 Å². The Kier molecular flexibility index (Phi) is 13.9. The number of carbonyl (C=O) groups is 7. The van der Waals surface area contributed by atoms with Crippen LogP contribution in [0.4, 0.5) is 0 Å². The van der Waals surface area contributed by atoms with Crippen molar-refractivity contribution in [3.63, 3.8) is 0 Å². The number of rotatable bonds is 9. The molecule has 15 nitrogen and oxygen atoms in total. The third-order valence-electron chi connectivity index (χ3n) is 9.80. The van der Waals surface area contributed by atoms with Gasteiger partial charge in [0.2, 0.25) is 35.4 Å². The smallest absolute Gasteiger partial charge is 0.328 e. The normalized spacial score (nSPS) is 25.2. The highest BCUT2D eigenvalue weighted by molar-refractivity contribution is 5.98. The van der Waals surface area contributed by atoms with Gasteiger partial charge in [-0.1, -0.05) is 38.0 Å². The third kappa shape index (κ3) is 9.74. The van der Waals surface area contributed by atoms with Gasteiger partial charge in [-0.2, -0.15) is 5.26 Å². The quantitative estimate of drug-likeness (QED) is 0.187. The van der Waals surface area contributed by atoms with Crippen molar-refractivity contribution in [2.45, 2.75) is 108 Å². The number of hydrogen-bond acceptors (Lipinski definition) is 9. The third-order valence-corrected chi connectivity index (χ3v) is 9.80. The van der Waals surface area contributed by atoms with Gasteiger partial charge in [-0.15, -0.1) is 0 Å². The number of nitrogens with zero attached hydrogens (tertiary/aromatic N) is 4. The van der Waals surface area contributed by atoms with Crippen molar-refractivity contribution >= 4 is 41.4 Å². The Hall–Kier alpha value is -5.26. The Morgan fingerprint density at radius 3 is 2.42 bits per heavy atom. The van der Waals surface area contributed by atoms with Crippen LogP contribution in [-0.4, -0.2) is 119 Å². The molecule has 6 amide bonds. The fourth-order valence-electron chi connectivity index (χ4n) is 6.66. The van der Waals surface area contributed by atoms with Crippen molar-refractivity contribution in [1.82, 2.24) is 30.7 Å². The summed E-state index contributed by atoms with van der Waals surface area (Å²) in [5.41, 5.74) is 0.939. The van der Waals surface area contributed by atoms with E-state index in [9.17, 15) is 38.8 Å². The number of likely N-dealkylation sites (N-methyl/N-ethyl adjacent to an activating group) is 1. The maximum absolute atomic E-state index is 14.2. The largest absolute Gasteiger partial charge is 0.461 e. The van der Waals surface area contributed by atoms with Crippen molar-refractivity contribution < 1.29 is 38.3 Å². The summed E-state index contributed by atoms with van der Waals surface area (Å²) < 4.78 is 5.63. The molecule has 0 unspecified atom stereocenters. The number of carbonyl (C=O) groups excluding carboxylic acids is 7. The molecule has 3 heterocycles. The Balaban J connectivity index is 1.66. The van der Waals surface area contributed by atoms with Crippen LogP contribution in [0.1, 0.15) is 76.8 Å². The Morgan fingerprint density at radius 2 is 1.73 bits per heavy atom. The molecular weight excluding hydrogens is 670 g/mol. The van der Waals surface area contributed by atoms with Crippen molar-refractivity contribution in [1.29, 1.82) is 5.26 Å². The number of ether oxygens (including phenoxy) is 1. The molecule has 0 bridgehead atoms. The van der Waals surface area contributed by atoms with Crippen LogP contribution in [0.15, 0.2) is 36.4 Å². The van der Waals surface area contributed by atoms with Crippen LogP contribution in [0.2, 0.25) is 0 Å². The van der Waals surface area contributed by atoms with Crippen LogP contribution >= 0.6 is 0 Å². The number of benzene rings is 1. The summed E-state index contributed by atoms with van der Waals surface area (Å²) in [5, 5.41) is 17.4. The number of fused-ring (bicyclic) bond motifs is 2. The van der Waals surface area contributed by atoms with Gasteiger partial charge >= 0.3 is 5.97 Å². The molecular formula is C37H49N7O8. The minimum atomic E-state index is -1.46. The number of amides is 6. The second kappa shape index (κ2) is 18.3. The van der Waals surface area contributed by atoms with Crippen LogP contribution in [0, 0.1) is 11.3 Å². The molecule has 52 heavy (non-hydrogen) atoms. The van der Waals surface area contributed by atoms with E-state index >= 15 is 0 Å². The monoisotopic (exact) mass is 719 g/mol. The van der Waals surface area contributed by atoms with Gasteiger partial charge in [0.1, 0.15) is 42.9 Å². The molecule has 1 aromatic rings. The van der Waals surface area contributed by atoms with Crippen molar-refractivity contribution in [3.8, 4) is 6.07 Å². The molecule has 3 aliphatic rings. The molecule has 3 N–H and O–H groups in total. The average molecular weight is 720 g/mol. The van der Waals surface area contributed by atoms with Crippen molar-refractivity contribution in [2.75, 3.05) is 26.7 Å². The zero-order chi connectivity index (χ0) is 37.9. The zero-order valence-electron chi connectivity index (χ0n) is 30.3. The lowest BCUT2D eigenvalue weighted by Crippen LogP contribution is -2.60.